The maximum absolute atomic E-state index is 13.0. The van der Waals surface area contributed by atoms with Crippen molar-refractivity contribution < 1.29 is 48.6 Å². The molecule has 0 aromatic rings. The number of carbonyl (C=O) groups excluding carboxylic acids is 1. The van der Waals surface area contributed by atoms with Crippen LogP contribution in [0.3, 0.4) is 0 Å². The van der Waals surface area contributed by atoms with Crippen LogP contribution in [0.2, 0.25) is 0 Å². The van der Waals surface area contributed by atoms with E-state index in [-0.39, 0.29) is 66.9 Å². The lowest BCUT2D eigenvalue weighted by Gasteiger charge is -2.38. The fraction of sp³-hybridized carbons (Fsp3) is 0.617. The first-order chi connectivity index (χ1) is 27.5. The van der Waals surface area contributed by atoms with E-state index in [9.17, 15) is 19.8 Å². The third-order valence-corrected chi connectivity index (χ3v) is 11.8. The van der Waals surface area contributed by atoms with Gasteiger partial charge in [0.2, 0.25) is 0 Å². The Bertz CT molecular complexity index is 1540. The monoisotopic (exact) mass is 790 g/mol. The number of carboxylic acids is 1. The molecule has 0 spiro atoms. The third-order valence-electron chi connectivity index (χ3n) is 11.8. The normalized spacial score (nSPS) is 40.4. The van der Waals surface area contributed by atoms with Crippen LogP contribution in [0.4, 0.5) is 0 Å². The van der Waals surface area contributed by atoms with Crippen molar-refractivity contribution in [3.63, 3.8) is 0 Å². The molecular formula is C47H66O10. The fourth-order valence-electron chi connectivity index (χ4n) is 8.40. The highest BCUT2D eigenvalue weighted by Gasteiger charge is 2.45. The van der Waals surface area contributed by atoms with Crippen LogP contribution in [0.1, 0.15) is 98.3 Å². The number of unbranched alkanes of at least 4 members (excludes halogenated alkanes) is 1. The highest BCUT2D eigenvalue weighted by atomic mass is 16.6. The maximum Gasteiger partial charge on any atom is 0.331 e. The molecule has 0 saturated carbocycles. The second-order valence-electron chi connectivity index (χ2n) is 16.5. The number of esters is 1. The summed E-state index contributed by atoms with van der Waals surface area (Å²) < 4.78 is 31.7. The van der Waals surface area contributed by atoms with Gasteiger partial charge in [0.1, 0.15) is 12.2 Å². The number of hydrogen-bond acceptors (Lipinski definition) is 9. The first-order valence-corrected chi connectivity index (χ1v) is 21.2. The van der Waals surface area contributed by atoms with Gasteiger partial charge in [-0.3, -0.25) is 4.79 Å². The Hall–Kier alpha value is -3.38. The van der Waals surface area contributed by atoms with E-state index in [1.54, 1.807) is 12.2 Å². The summed E-state index contributed by atoms with van der Waals surface area (Å²) in [7, 11) is 0. The van der Waals surface area contributed by atoms with E-state index in [4.69, 9.17) is 28.8 Å². The number of rotatable bonds is 7. The van der Waals surface area contributed by atoms with Crippen molar-refractivity contribution in [3.8, 4) is 0 Å². The van der Waals surface area contributed by atoms with Crippen molar-refractivity contribution in [2.24, 2.45) is 17.8 Å². The van der Waals surface area contributed by atoms with Crippen LogP contribution in [0.15, 0.2) is 96.7 Å². The molecule has 3 fully saturated rings. The molecule has 6 aliphatic rings. The van der Waals surface area contributed by atoms with Crippen LogP contribution in [0.5, 0.6) is 0 Å². The molecule has 10 nitrogen and oxygen atoms in total. The van der Waals surface area contributed by atoms with E-state index in [0.717, 1.165) is 37.7 Å². The van der Waals surface area contributed by atoms with Crippen molar-refractivity contribution in [1.82, 2.24) is 0 Å². The van der Waals surface area contributed by atoms with Crippen molar-refractivity contribution in [2.75, 3.05) is 0 Å². The number of fused-ring (bicyclic) bond motifs is 13. The fourth-order valence-corrected chi connectivity index (χ4v) is 8.40. The predicted molar refractivity (Wildman–Crippen MR) is 220 cm³/mol. The standard InChI is InChI=1S/C47H66O10/c1-31(17-14-15-23-45(50)51)27-32(2)47-42-26-25-36(54-47)19-11-7-5-6-10-18-35(48)28-37-29-38(49)33(3)39(53-37)21-16-22-40-34(4)43-30-44(55-40)41(56-43)20-12-8-9-13-24-46(52)57-42/h7-13,16,18,20,22,24-27,31,33-44,47-49H,5-6,14-15,17,19,21,23,28-30H2,1-4H3,(H,50,51)/b9-8-,11-7+,18-10+,20-12?,22-16+,24-13-,32-27+. The Balaban J connectivity index is 1.27. The lowest BCUT2D eigenvalue weighted by molar-refractivity contribution is -0.148. The number of aliphatic carboxylic acids is 1. The van der Waals surface area contributed by atoms with Gasteiger partial charge < -0.3 is 39.0 Å². The lowest BCUT2D eigenvalue weighted by Crippen LogP contribution is -2.43. The number of carboxylic acid groups (broad SMARTS) is 1. The summed E-state index contributed by atoms with van der Waals surface area (Å²) in [4.78, 5) is 23.9. The molecule has 6 aliphatic heterocycles. The van der Waals surface area contributed by atoms with E-state index in [2.05, 4.69) is 44.2 Å². The van der Waals surface area contributed by atoms with Crippen LogP contribution in [0.25, 0.3) is 0 Å². The number of carbonyl (C=O) groups is 2. The minimum atomic E-state index is -0.777. The second kappa shape index (κ2) is 22.7. The van der Waals surface area contributed by atoms with Gasteiger partial charge in [0.15, 0.2) is 6.10 Å². The molecule has 0 aromatic carbocycles. The summed E-state index contributed by atoms with van der Waals surface area (Å²) in [6, 6.07) is 0. The molecule has 14 atom stereocenters. The van der Waals surface area contributed by atoms with Gasteiger partial charge >= 0.3 is 11.9 Å². The van der Waals surface area contributed by atoms with Crippen molar-refractivity contribution >= 4 is 11.9 Å². The number of hydrogen-bond donors (Lipinski definition) is 3. The summed E-state index contributed by atoms with van der Waals surface area (Å²) in [5.41, 5.74) is 0.966. The van der Waals surface area contributed by atoms with Gasteiger partial charge in [-0.15, -0.1) is 0 Å². The van der Waals surface area contributed by atoms with Gasteiger partial charge in [-0.05, 0) is 69.4 Å². The van der Waals surface area contributed by atoms with Crippen LogP contribution < -0.4 is 0 Å². The molecule has 3 saturated heterocycles. The highest BCUT2D eigenvalue weighted by molar-refractivity contribution is 5.82. The first-order valence-electron chi connectivity index (χ1n) is 21.2. The molecule has 10 heteroatoms. The average Bonchev–Trinajstić information content (AvgIpc) is 3.52. The Kier molecular flexibility index (Phi) is 17.8. The van der Waals surface area contributed by atoms with Gasteiger partial charge in [-0.25, -0.2) is 4.79 Å². The summed E-state index contributed by atoms with van der Waals surface area (Å²) >= 11 is 0. The number of allylic oxidation sites excluding steroid dienone is 7. The lowest BCUT2D eigenvalue weighted by atomic mass is 9.86. The molecule has 7 bridgehead atoms. The minimum Gasteiger partial charge on any atom is -0.481 e. The zero-order valence-electron chi connectivity index (χ0n) is 34.2. The quantitative estimate of drug-likeness (QED) is 0.133. The van der Waals surface area contributed by atoms with E-state index in [0.29, 0.717) is 32.1 Å². The Morgan fingerprint density at radius 2 is 1.56 bits per heavy atom. The Morgan fingerprint density at radius 1 is 0.772 bits per heavy atom. The van der Waals surface area contributed by atoms with Gasteiger partial charge in [-0.2, -0.15) is 0 Å². The van der Waals surface area contributed by atoms with E-state index in [1.807, 2.05) is 56.4 Å². The van der Waals surface area contributed by atoms with Gasteiger partial charge in [-0.1, -0.05) is 106 Å². The number of aliphatic hydroxyl groups excluding tert-OH is 2. The number of aliphatic hydroxyl groups is 2. The summed E-state index contributed by atoms with van der Waals surface area (Å²) in [5.74, 6) is -0.875. The molecule has 0 aromatic heterocycles. The molecule has 314 valence electrons. The molecule has 0 radical (unpaired) electrons. The van der Waals surface area contributed by atoms with Crippen LogP contribution in [0, 0.1) is 17.8 Å². The van der Waals surface area contributed by atoms with Crippen molar-refractivity contribution in [3.05, 3.63) is 96.7 Å². The molecule has 6 rings (SSSR count). The Labute approximate surface area is 339 Å². The van der Waals surface area contributed by atoms with Crippen LogP contribution in [-0.4, -0.2) is 94.4 Å². The first kappa shape index (κ1) is 44.7. The van der Waals surface area contributed by atoms with Crippen LogP contribution >= 0.6 is 0 Å². The molecule has 6 heterocycles. The number of ether oxygens (including phenoxy) is 5. The Morgan fingerprint density at radius 3 is 2.39 bits per heavy atom. The van der Waals surface area contributed by atoms with Crippen LogP contribution in [-0.2, 0) is 33.3 Å². The maximum atomic E-state index is 13.0. The molecule has 0 aliphatic carbocycles. The zero-order chi connectivity index (χ0) is 40.7. The third kappa shape index (κ3) is 14.1. The van der Waals surface area contributed by atoms with E-state index < -0.39 is 36.4 Å². The van der Waals surface area contributed by atoms with Crippen molar-refractivity contribution in [1.29, 1.82) is 0 Å². The van der Waals surface area contributed by atoms with Gasteiger partial charge in [0.25, 0.3) is 0 Å². The minimum absolute atomic E-state index is 0.0184. The molecular weight excluding hydrogens is 725 g/mol. The highest BCUT2D eigenvalue weighted by Crippen LogP contribution is 2.38. The van der Waals surface area contributed by atoms with Crippen molar-refractivity contribution in [2.45, 2.75) is 165 Å². The molecule has 3 N–H and O–H groups in total. The van der Waals surface area contributed by atoms with Gasteiger partial charge in [0, 0.05) is 37.2 Å². The molecule has 0 amide bonds. The predicted octanol–water partition coefficient (Wildman–Crippen LogP) is 7.83. The second-order valence-corrected chi connectivity index (χ2v) is 16.5. The van der Waals surface area contributed by atoms with Gasteiger partial charge in [0.05, 0.1) is 48.8 Å². The molecule has 14 unspecified atom stereocenters. The SMILES string of the molecule is C/C(=C\C(C)CCCCC(=O)O)C1OC2C=CC1OC(=O)/C=C\C=C/C=CC1OC3CC1OC(/C=C/CC1OC(CC(O)/C=C/CC/C=C/C2)CC(O)C1C)C3C. The topological polar surface area (TPSA) is 141 Å². The van der Waals surface area contributed by atoms with E-state index >= 15 is 0 Å². The summed E-state index contributed by atoms with van der Waals surface area (Å²) in [6.45, 7) is 8.29. The molecule has 57 heavy (non-hydrogen) atoms. The summed E-state index contributed by atoms with van der Waals surface area (Å²) in [6.07, 6.45) is 33.0. The largest absolute Gasteiger partial charge is 0.481 e. The zero-order valence-corrected chi connectivity index (χ0v) is 34.2. The summed E-state index contributed by atoms with van der Waals surface area (Å²) in [5, 5.41) is 30.7. The smallest absolute Gasteiger partial charge is 0.331 e. The average molecular weight is 791 g/mol. The van der Waals surface area contributed by atoms with E-state index in [1.165, 1.54) is 6.08 Å².